The largest absolute Gasteiger partial charge is 0.748 e. The maximum atomic E-state index is 10.7. The van der Waals surface area contributed by atoms with Crippen LogP contribution < -0.4 is 67.0 Å². The van der Waals surface area contributed by atoms with Gasteiger partial charge < -0.3 is 83.8 Å². The number of pyridine rings is 6. The molecule has 770 valence electrons. The Balaban J connectivity index is 0.000000576. The molecular formula is C115H152N12O15S2+4. The average molecular weight is 2010 g/mol. The minimum atomic E-state index is -4.19. The lowest BCUT2D eigenvalue weighted by molar-refractivity contribution is -0.698. The first-order valence-corrected chi connectivity index (χ1v) is 50.7. The molecule has 29 heteroatoms. The van der Waals surface area contributed by atoms with Gasteiger partial charge in [0, 0.05) is 201 Å². The van der Waals surface area contributed by atoms with Gasteiger partial charge in [0.05, 0.1) is 83.2 Å². The summed E-state index contributed by atoms with van der Waals surface area (Å²) in [6.45, 7) is 21.2. The average Bonchev–Trinajstić information content (AvgIpc) is 0.893. The van der Waals surface area contributed by atoms with Crippen molar-refractivity contribution in [3.63, 3.8) is 0 Å². The van der Waals surface area contributed by atoms with Crippen molar-refractivity contribution in [2.75, 3.05) is 154 Å². The van der Waals surface area contributed by atoms with Crippen molar-refractivity contribution in [2.45, 2.75) is 75.0 Å². The van der Waals surface area contributed by atoms with Crippen LogP contribution >= 0.6 is 0 Å². The summed E-state index contributed by atoms with van der Waals surface area (Å²) in [5, 5.41) is 66.4. The standard InChI is InChI=1S/C19H25N2O3.2C18H22N2O3S.C18H23N2O2.2C17H18N2O2.3C2H6.2CH3/c22-14-11-20-9-7-18(8-10-20)2-1-17-3-5-19(6-4-17)21(12-15-23)13-16-24;2*1-3-20-13-5-4-6-18(20)12-9-16-7-10-17(11-8-16)19(2)14-15-24(21,22)23;1-19-10-8-17(9-11-19)3-2-16-4-6-18(7-5-16)20(12-14-21)13-15-22;2*1-18-11-9-15(10-12-18)4-3-14-5-7-16(8-6-14)19(2)13-17(20)21;3*1-2;;/h1-10,22-24H,11-16H2;2*4-13H,3,14-15H2,1-2H3;2-11,21-22H,12-15H2,1H3;2*3-12H,13H2,1-2H3;3*1-2H3;2*1H3/q+1;;;+1;;;;;;2*+1. The molecule has 144 heavy (non-hydrogen) atoms. The van der Waals surface area contributed by atoms with Crippen LogP contribution in [-0.2, 0) is 70.6 Å². The van der Waals surface area contributed by atoms with Crippen molar-refractivity contribution in [3.05, 3.63) is 374 Å². The number of hydrogen-bond donors (Lipinski definition) is 5. The van der Waals surface area contributed by atoms with E-state index in [9.17, 15) is 45.7 Å². The van der Waals surface area contributed by atoms with E-state index in [1.165, 1.54) is 0 Å². The second-order valence-electron chi connectivity index (χ2n) is 31.5. The van der Waals surface area contributed by atoms with Crippen LogP contribution in [0.2, 0.25) is 0 Å². The minimum Gasteiger partial charge on any atom is -0.748 e. The summed E-state index contributed by atoms with van der Waals surface area (Å²) in [5.41, 5.74) is 18.6. The third kappa shape index (κ3) is 50.9. The second-order valence-corrected chi connectivity index (χ2v) is 34.6. The number of hydrogen-bond acceptors (Lipinski definition) is 21. The molecule has 27 nitrogen and oxygen atoms in total. The first kappa shape index (κ1) is 126. The predicted molar refractivity (Wildman–Crippen MR) is 585 cm³/mol. The van der Waals surface area contributed by atoms with Gasteiger partial charge in [-0.05, 0) is 167 Å². The van der Waals surface area contributed by atoms with Crippen molar-refractivity contribution in [3.8, 4) is 0 Å². The van der Waals surface area contributed by atoms with Gasteiger partial charge in [-0.25, -0.2) is 35.1 Å². The fourth-order valence-corrected chi connectivity index (χ4v) is 14.2. The lowest BCUT2D eigenvalue weighted by Crippen LogP contribution is -2.35. The van der Waals surface area contributed by atoms with Crippen LogP contribution in [0.1, 0.15) is 122 Å². The van der Waals surface area contributed by atoms with Crippen LogP contribution in [0.4, 0.5) is 34.1 Å². The number of anilines is 6. The lowest BCUT2D eigenvalue weighted by Gasteiger charge is -2.22. The Labute approximate surface area is 857 Å². The minimum absolute atomic E-state index is 0. The molecule has 0 atom stereocenters. The summed E-state index contributed by atoms with van der Waals surface area (Å²) in [6, 6.07) is 75.5. The smallest absolute Gasteiger partial charge is 0.205 e. The molecule has 0 aliphatic carbocycles. The Hall–Kier alpha value is -14.2. The van der Waals surface area contributed by atoms with Gasteiger partial charge in [0.25, 0.3) is 0 Å². The molecule has 12 aromatic rings. The molecule has 0 saturated carbocycles. The molecule has 0 fully saturated rings. The number of carbonyl (C=O) groups is 2. The molecule has 0 bridgehead atoms. The Morgan fingerprint density at radius 3 is 0.722 bits per heavy atom. The number of likely N-dealkylation sites (N-methyl/N-ethyl adjacent to an activating group) is 2. The van der Waals surface area contributed by atoms with Crippen LogP contribution in [0, 0.1) is 14.9 Å². The van der Waals surface area contributed by atoms with E-state index < -0.39 is 43.7 Å². The van der Waals surface area contributed by atoms with Crippen molar-refractivity contribution in [2.24, 2.45) is 21.1 Å². The molecule has 6 aromatic heterocycles. The van der Waals surface area contributed by atoms with E-state index in [4.69, 9.17) is 25.5 Å². The zero-order chi connectivity index (χ0) is 105. The van der Waals surface area contributed by atoms with E-state index in [2.05, 4.69) is 71.6 Å². The van der Waals surface area contributed by atoms with Crippen LogP contribution in [0.25, 0.3) is 72.9 Å². The van der Waals surface area contributed by atoms with E-state index in [-0.39, 0.29) is 74.1 Å². The highest BCUT2D eigenvalue weighted by atomic mass is 32.2. The van der Waals surface area contributed by atoms with Crippen LogP contribution in [-0.4, -0.2) is 189 Å². The van der Waals surface area contributed by atoms with Crippen molar-refractivity contribution in [1.29, 1.82) is 0 Å². The summed E-state index contributed by atoms with van der Waals surface area (Å²) in [7, 11) is 4.58. The first-order chi connectivity index (χ1) is 68.3. The van der Waals surface area contributed by atoms with Gasteiger partial charge in [0.2, 0.25) is 11.4 Å². The van der Waals surface area contributed by atoms with Crippen LogP contribution in [0.3, 0.4) is 0 Å². The van der Waals surface area contributed by atoms with Gasteiger partial charge >= 0.3 is 0 Å². The lowest BCUT2D eigenvalue weighted by atomic mass is 10.1. The van der Waals surface area contributed by atoms with Crippen molar-refractivity contribution < 1.29 is 98.7 Å². The van der Waals surface area contributed by atoms with E-state index in [0.717, 1.165) is 114 Å². The summed E-state index contributed by atoms with van der Waals surface area (Å²) >= 11 is 0. The highest BCUT2D eigenvalue weighted by Gasteiger charge is 2.13. The van der Waals surface area contributed by atoms with Gasteiger partial charge in [-0.3, -0.25) is 0 Å². The van der Waals surface area contributed by atoms with Gasteiger partial charge in [-0.15, -0.1) is 0 Å². The molecule has 6 heterocycles. The molecule has 0 unspecified atom stereocenters. The topological polar surface area (TPSA) is 339 Å². The number of aromatic nitrogens is 6. The monoisotopic (exact) mass is 2010 g/mol. The number of aliphatic hydroxyl groups excluding tert-OH is 5. The highest BCUT2D eigenvalue weighted by Crippen LogP contribution is 2.23. The number of aliphatic carboxylic acids is 2. The third-order valence-corrected chi connectivity index (χ3v) is 22.5. The fourth-order valence-electron chi connectivity index (χ4n) is 13.2. The van der Waals surface area contributed by atoms with Gasteiger partial charge in [0.1, 0.15) is 40.8 Å². The number of carboxylic acids is 2. The quantitative estimate of drug-likeness (QED) is 0.0135. The molecule has 5 N–H and O–H groups in total. The second kappa shape index (κ2) is 71.2. The Morgan fingerprint density at radius 1 is 0.292 bits per heavy atom. The van der Waals surface area contributed by atoms with E-state index in [1.807, 2.05) is 408 Å². The van der Waals surface area contributed by atoms with Crippen LogP contribution in [0.15, 0.2) is 292 Å². The van der Waals surface area contributed by atoms with Gasteiger partial charge in [-0.2, -0.15) is 9.13 Å². The van der Waals surface area contributed by atoms with Crippen LogP contribution in [0.5, 0.6) is 0 Å². The Bertz CT molecular complexity index is 5720. The Kier molecular flexibility index (Phi) is 62.2. The van der Waals surface area contributed by atoms with E-state index >= 15 is 0 Å². The number of rotatable bonds is 40. The SMILES string of the molecule is CC.CC.CC.CC[n+]1ccccc1/C=C/c1ccc(N(C)CCS(=O)(=O)[O-])cc1.CC[n+]1ccccc1/C=C/c1ccc(N(C)CCS(=O)(=O)[O-])cc1.CN(CC(=O)[O-])c1ccc(/C=C/c2cc[n+](C)cc2)cc1.CN(CC(=O)[O-])c1ccc(/C=C/c2cc[n+](C)cc2)cc1.C[n+]1ccc(/C=C/c2ccc(N(CCO)CCO)cc2)cc1.OCCN(CCO)c1ccc(/C=C/c2cc[n+](CCO)cc2)cc1.[CH3+].[CH3+]. The summed E-state index contributed by atoms with van der Waals surface area (Å²) in [4.78, 5) is 31.8. The normalized spacial score (nSPS) is 10.7. The van der Waals surface area contributed by atoms with Gasteiger partial charge in [-0.1, -0.05) is 163 Å². The number of aryl methyl sites for hydroxylation is 5. The summed E-state index contributed by atoms with van der Waals surface area (Å²) < 4.78 is 76.4. The Morgan fingerprint density at radius 2 is 0.507 bits per heavy atom. The number of carboxylic acid groups (broad SMARTS) is 2. The zero-order valence-corrected chi connectivity index (χ0v) is 88.5. The number of benzene rings is 6. The number of carbonyl (C=O) groups excluding carboxylic acids is 2. The summed E-state index contributed by atoms with van der Waals surface area (Å²) in [6.07, 6.45) is 44.6. The molecule has 0 spiro atoms. The predicted octanol–water partition coefficient (Wildman–Crippen LogP) is 12.4. The molecule has 0 radical (unpaired) electrons. The molecule has 0 saturated heterocycles. The zero-order valence-electron chi connectivity index (χ0n) is 86.9. The molecule has 0 aliphatic rings. The fraction of sp³-hybridized carbons (Fsp3) is 0.287. The maximum Gasteiger partial charge on any atom is 0.205 e. The molecule has 0 amide bonds. The third-order valence-electron chi connectivity index (χ3n) is 21.1. The first-order valence-electron chi connectivity index (χ1n) is 47.5. The summed E-state index contributed by atoms with van der Waals surface area (Å²) in [5.74, 6) is -2.95. The van der Waals surface area contributed by atoms with Gasteiger partial charge in [0.15, 0.2) is 68.5 Å². The highest BCUT2D eigenvalue weighted by molar-refractivity contribution is 7.85. The maximum absolute atomic E-state index is 10.7. The number of aliphatic hydroxyl groups is 5. The van der Waals surface area contributed by atoms with Crippen molar-refractivity contribution in [1.82, 2.24) is 0 Å². The molecule has 12 rings (SSSR count). The van der Waals surface area contributed by atoms with Crippen molar-refractivity contribution >= 4 is 139 Å². The molecule has 6 aromatic carbocycles. The molecule has 0 aliphatic heterocycles. The molecular weight excluding hydrogens is 1850 g/mol. The van der Waals surface area contributed by atoms with E-state index in [1.54, 1.807) is 47.8 Å². The van der Waals surface area contributed by atoms with E-state index in [0.29, 0.717) is 32.7 Å². The number of nitrogens with zero attached hydrogens (tertiary/aromatic N) is 12.